The molecule has 0 radical (unpaired) electrons. The maximum atomic E-state index is 12.7. The van der Waals surface area contributed by atoms with Crippen LogP contribution >= 0.6 is 0 Å². The van der Waals surface area contributed by atoms with Crippen LogP contribution in [0.1, 0.15) is 15.9 Å². The molecular weight excluding hydrogens is 374 g/mol. The molecule has 0 aliphatic carbocycles. The number of ether oxygens (including phenoxy) is 2. The number of benzene rings is 1. The van der Waals surface area contributed by atoms with Gasteiger partial charge in [0.05, 0.1) is 25.8 Å². The van der Waals surface area contributed by atoms with E-state index in [1.165, 1.54) is 12.4 Å². The summed E-state index contributed by atoms with van der Waals surface area (Å²) in [6, 6.07) is 7.68. The highest BCUT2D eigenvalue weighted by Gasteiger charge is 2.29. The molecule has 1 aromatic heterocycles. The Balaban J connectivity index is 1.52. The molecule has 3 rings (SSSR count). The number of nitrogens with one attached hydrogen (secondary N) is 2. The van der Waals surface area contributed by atoms with Crippen LogP contribution in [0.5, 0.6) is 5.75 Å². The number of morpholine rings is 1. The van der Waals surface area contributed by atoms with Gasteiger partial charge in [-0.15, -0.1) is 0 Å². The van der Waals surface area contributed by atoms with Crippen molar-refractivity contribution in [3.05, 3.63) is 47.8 Å². The van der Waals surface area contributed by atoms with Gasteiger partial charge in [-0.2, -0.15) is 0 Å². The lowest BCUT2D eigenvalue weighted by Gasteiger charge is -2.32. The summed E-state index contributed by atoms with van der Waals surface area (Å²) < 4.78 is 10.9. The van der Waals surface area contributed by atoms with E-state index < -0.39 is 6.10 Å². The first kappa shape index (κ1) is 20.5. The Kier molecular flexibility index (Phi) is 6.96. The Morgan fingerprint density at radius 2 is 2.03 bits per heavy atom. The van der Waals surface area contributed by atoms with E-state index in [1.807, 2.05) is 24.3 Å². The SMILES string of the molecule is CNc1ncc(C(=O)N2CCOC(C(=O)NCCc3ccccc3OC)C2)cn1. The molecular formula is C20H25N5O4. The fourth-order valence-corrected chi connectivity index (χ4v) is 3.09. The Morgan fingerprint density at radius 3 is 2.76 bits per heavy atom. The van der Waals surface area contributed by atoms with Gasteiger partial charge in [-0.3, -0.25) is 9.59 Å². The third-order valence-corrected chi connectivity index (χ3v) is 4.65. The normalized spacial score (nSPS) is 16.2. The summed E-state index contributed by atoms with van der Waals surface area (Å²) in [5.41, 5.74) is 1.39. The number of hydrogen-bond acceptors (Lipinski definition) is 7. The number of methoxy groups -OCH3 is 1. The smallest absolute Gasteiger partial charge is 0.257 e. The quantitative estimate of drug-likeness (QED) is 0.707. The van der Waals surface area contributed by atoms with Crippen LogP contribution in [-0.2, 0) is 16.0 Å². The topological polar surface area (TPSA) is 106 Å². The fourth-order valence-electron chi connectivity index (χ4n) is 3.09. The molecule has 154 valence electrons. The van der Waals surface area contributed by atoms with E-state index in [0.717, 1.165) is 11.3 Å². The molecule has 0 bridgehead atoms. The van der Waals surface area contributed by atoms with Gasteiger partial charge in [-0.1, -0.05) is 18.2 Å². The van der Waals surface area contributed by atoms with E-state index in [2.05, 4.69) is 20.6 Å². The minimum atomic E-state index is -0.706. The molecule has 9 heteroatoms. The Morgan fingerprint density at radius 1 is 1.28 bits per heavy atom. The van der Waals surface area contributed by atoms with E-state index in [-0.39, 0.29) is 18.4 Å². The van der Waals surface area contributed by atoms with Gasteiger partial charge in [0.1, 0.15) is 5.75 Å². The lowest BCUT2D eigenvalue weighted by atomic mass is 10.1. The Hall–Kier alpha value is -3.20. The molecule has 29 heavy (non-hydrogen) atoms. The zero-order valence-electron chi connectivity index (χ0n) is 16.6. The average Bonchev–Trinajstić information content (AvgIpc) is 2.79. The van der Waals surface area contributed by atoms with E-state index in [9.17, 15) is 9.59 Å². The predicted octanol–water partition coefficient (Wildman–Crippen LogP) is 0.727. The van der Waals surface area contributed by atoms with Gasteiger partial charge in [-0.25, -0.2) is 9.97 Å². The number of rotatable bonds is 7. The molecule has 9 nitrogen and oxygen atoms in total. The third kappa shape index (κ3) is 5.20. The summed E-state index contributed by atoms with van der Waals surface area (Å²) in [6.07, 6.45) is 2.88. The van der Waals surface area contributed by atoms with Gasteiger partial charge in [0.25, 0.3) is 11.8 Å². The summed E-state index contributed by atoms with van der Waals surface area (Å²) in [5.74, 6) is 0.775. The van der Waals surface area contributed by atoms with Gasteiger partial charge < -0.3 is 25.0 Å². The van der Waals surface area contributed by atoms with Crippen molar-refractivity contribution < 1.29 is 19.1 Å². The molecule has 1 aliphatic heterocycles. The van der Waals surface area contributed by atoms with Gasteiger partial charge in [0.2, 0.25) is 5.95 Å². The molecule has 2 heterocycles. The first-order valence-electron chi connectivity index (χ1n) is 9.42. The van der Waals surface area contributed by atoms with E-state index in [0.29, 0.717) is 37.6 Å². The van der Waals surface area contributed by atoms with Crippen molar-refractivity contribution in [2.24, 2.45) is 0 Å². The summed E-state index contributed by atoms with van der Waals surface area (Å²) in [7, 11) is 3.33. The number of carbonyl (C=O) groups excluding carboxylic acids is 2. The Bertz CT molecular complexity index is 843. The molecule has 2 N–H and O–H groups in total. The highest BCUT2D eigenvalue weighted by Crippen LogP contribution is 2.17. The zero-order chi connectivity index (χ0) is 20.6. The highest BCUT2D eigenvalue weighted by molar-refractivity contribution is 5.94. The molecule has 0 saturated carbocycles. The maximum Gasteiger partial charge on any atom is 0.257 e. The molecule has 1 unspecified atom stereocenters. The van der Waals surface area contributed by atoms with Crippen molar-refractivity contribution in [2.75, 3.05) is 45.7 Å². The lowest BCUT2D eigenvalue weighted by molar-refractivity contribution is -0.137. The second-order valence-corrected chi connectivity index (χ2v) is 6.51. The van der Waals surface area contributed by atoms with Crippen molar-refractivity contribution in [3.63, 3.8) is 0 Å². The fraction of sp³-hybridized carbons (Fsp3) is 0.400. The van der Waals surface area contributed by atoms with Crippen molar-refractivity contribution in [2.45, 2.75) is 12.5 Å². The number of para-hydroxylation sites is 1. The summed E-state index contributed by atoms with van der Waals surface area (Å²) in [6.45, 7) is 1.35. The largest absolute Gasteiger partial charge is 0.496 e. The number of nitrogens with zero attached hydrogens (tertiary/aromatic N) is 3. The van der Waals surface area contributed by atoms with Crippen molar-refractivity contribution in [1.82, 2.24) is 20.2 Å². The van der Waals surface area contributed by atoms with Gasteiger partial charge in [0, 0.05) is 32.5 Å². The second-order valence-electron chi connectivity index (χ2n) is 6.51. The summed E-state index contributed by atoms with van der Waals surface area (Å²) >= 11 is 0. The average molecular weight is 399 g/mol. The third-order valence-electron chi connectivity index (χ3n) is 4.65. The number of anilines is 1. The van der Waals surface area contributed by atoms with E-state index >= 15 is 0 Å². The maximum absolute atomic E-state index is 12.7. The monoisotopic (exact) mass is 399 g/mol. The molecule has 1 fully saturated rings. The lowest BCUT2D eigenvalue weighted by Crippen LogP contribution is -2.51. The number of amides is 2. The number of carbonyl (C=O) groups is 2. The first-order chi connectivity index (χ1) is 14.1. The standard InChI is InChI=1S/C20H25N5O4/c1-21-20-23-11-15(12-24-20)19(27)25-9-10-29-17(13-25)18(26)22-8-7-14-5-3-4-6-16(14)28-2/h3-6,11-12,17H,7-10,13H2,1-2H3,(H,22,26)(H,21,23,24). The second kappa shape index (κ2) is 9.83. The number of hydrogen-bond donors (Lipinski definition) is 2. The van der Waals surface area contributed by atoms with Crippen LogP contribution in [0.4, 0.5) is 5.95 Å². The van der Waals surface area contributed by atoms with E-state index in [4.69, 9.17) is 9.47 Å². The van der Waals surface area contributed by atoms with Crippen molar-refractivity contribution in [1.29, 1.82) is 0 Å². The van der Waals surface area contributed by atoms with Crippen LogP contribution in [-0.4, -0.2) is 73.2 Å². The molecule has 1 aliphatic rings. The van der Waals surface area contributed by atoms with Crippen LogP contribution in [0.2, 0.25) is 0 Å². The van der Waals surface area contributed by atoms with E-state index in [1.54, 1.807) is 19.1 Å². The summed E-state index contributed by atoms with van der Waals surface area (Å²) in [4.78, 5) is 34.9. The highest BCUT2D eigenvalue weighted by atomic mass is 16.5. The zero-order valence-corrected chi connectivity index (χ0v) is 16.6. The first-order valence-corrected chi connectivity index (χ1v) is 9.42. The Labute approximate surface area is 169 Å². The predicted molar refractivity (Wildman–Crippen MR) is 107 cm³/mol. The van der Waals surface area contributed by atoms with Gasteiger partial charge in [0.15, 0.2) is 6.10 Å². The van der Waals surface area contributed by atoms with Crippen LogP contribution in [0.15, 0.2) is 36.7 Å². The van der Waals surface area contributed by atoms with Crippen LogP contribution in [0.3, 0.4) is 0 Å². The molecule has 2 aromatic rings. The summed E-state index contributed by atoms with van der Waals surface area (Å²) in [5, 5.41) is 5.68. The van der Waals surface area contributed by atoms with Crippen molar-refractivity contribution >= 4 is 17.8 Å². The molecule has 2 amide bonds. The van der Waals surface area contributed by atoms with Gasteiger partial charge in [-0.05, 0) is 18.1 Å². The molecule has 1 saturated heterocycles. The minimum Gasteiger partial charge on any atom is -0.496 e. The van der Waals surface area contributed by atoms with Crippen LogP contribution < -0.4 is 15.4 Å². The number of aromatic nitrogens is 2. The van der Waals surface area contributed by atoms with Crippen LogP contribution in [0.25, 0.3) is 0 Å². The van der Waals surface area contributed by atoms with Crippen molar-refractivity contribution in [3.8, 4) is 5.75 Å². The van der Waals surface area contributed by atoms with Crippen LogP contribution in [0, 0.1) is 0 Å². The minimum absolute atomic E-state index is 0.188. The molecule has 0 spiro atoms. The molecule has 1 aromatic carbocycles. The van der Waals surface area contributed by atoms with Gasteiger partial charge >= 0.3 is 0 Å². The molecule has 1 atom stereocenters.